The molecule has 4 nitrogen and oxygen atoms in total. The largest absolute Gasteiger partial charge is 0.486 e. The maximum Gasteiger partial charge on any atom is 0.227 e. The third-order valence-electron chi connectivity index (χ3n) is 4.43. The van der Waals surface area contributed by atoms with Crippen LogP contribution >= 0.6 is 22.7 Å². The number of rotatable bonds is 7. The Balaban J connectivity index is 1.50. The first-order chi connectivity index (χ1) is 13.3. The van der Waals surface area contributed by atoms with Crippen molar-refractivity contribution in [3.63, 3.8) is 0 Å². The van der Waals surface area contributed by atoms with Crippen molar-refractivity contribution in [1.82, 2.24) is 0 Å². The number of aryl methyl sites for hydroxylation is 1. The number of benzene rings is 1. The number of anilines is 1. The Hall–Kier alpha value is -2.31. The SMILES string of the molecule is O=C(CCCc1cccs1)N(Cc1cccs1)c1ccc2c(c1)OCCO2. The zero-order valence-corrected chi connectivity index (χ0v) is 16.6. The van der Waals surface area contributed by atoms with Gasteiger partial charge in [-0.1, -0.05) is 12.1 Å². The quantitative estimate of drug-likeness (QED) is 0.552. The normalized spacial score (nSPS) is 12.7. The summed E-state index contributed by atoms with van der Waals surface area (Å²) >= 11 is 3.41. The predicted octanol–water partition coefficient (Wildman–Crippen LogP) is 5.14. The Bertz CT molecular complexity index is 875. The van der Waals surface area contributed by atoms with Crippen LogP contribution in [0.1, 0.15) is 22.6 Å². The molecule has 0 saturated carbocycles. The number of thiophene rings is 2. The number of carbonyl (C=O) groups excluding carboxylic acids is 1. The first-order valence-corrected chi connectivity index (χ1v) is 10.8. The molecular formula is C21H21NO3S2. The number of carbonyl (C=O) groups is 1. The third-order valence-corrected chi connectivity index (χ3v) is 6.22. The maximum atomic E-state index is 13.0. The van der Waals surface area contributed by atoms with E-state index < -0.39 is 0 Å². The molecule has 0 fully saturated rings. The van der Waals surface area contributed by atoms with Gasteiger partial charge in [-0.05, 0) is 47.9 Å². The molecule has 1 aliphatic heterocycles. The van der Waals surface area contributed by atoms with Crippen LogP contribution in [0.2, 0.25) is 0 Å². The predicted molar refractivity (Wildman–Crippen MR) is 110 cm³/mol. The molecule has 140 valence electrons. The molecular weight excluding hydrogens is 378 g/mol. The molecule has 0 radical (unpaired) electrons. The van der Waals surface area contributed by atoms with Gasteiger partial charge in [0, 0.05) is 27.9 Å². The zero-order chi connectivity index (χ0) is 18.5. The van der Waals surface area contributed by atoms with Crippen LogP contribution in [0, 0.1) is 0 Å². The molecule has 0 atom stereocenters. The molecule has 0 unspecified atom stereocenters. The van der Waals surface area contributed by atoms with Crippen molar-refractivity contribution in [1.29, 1.82) is 0 Å². The minimum atomic E-state index is 0.136. The first-order valence-electron chi connectivity index (χ1n) is 9.04. The van der Waals surface area contributed by atoms with Crippen LogP contribution in [0.3, 0.4) is 0 Å². The molecule has 3 heterocycles. The van der Waals surface area contributed by atoms with Gasteiger partial charge >= 0.3 is 0 Å². The third kappa shape index (κ3) is 4.51. The average molecular weight is 400 g/mol. The van der Waals surface area contributed by atoms with Crippen LogP contribution in [0.5, 0.6) is 11.5 Å². The fraction of sp³-hybridized carbons (Fsp3) is 0.286. The fourth-order valence-corrected chi connectivity index (χ4v) is 4.53. The average Bonchev–Trinajstić information content (AvgIpc) is 3.40. The molecule has 4 rings (SSSR count). The summed E-state index contributed by atoms with van der Waals surface area (Å²) in [6.07, 6.45) is 2.32. The summed E-state index contributed by atoms with van der Waals surface area (Å²) in [4.78, 5) is 17.4. The zero-order valence-electron chi connectivity index (χ0n) is 14.9. The van der Waals surface area contributed by atoms with Crippen molar-refractivity contribution in [2.75, 3.05) is 18.1 Å². The van der Waals surface area contributed by atoms with Crippen LogP contribution in [0.4, 0.5) is 5.69 Å². The first kappa shape index (κ1) is 18.1. The minimum Gasteiger partial charge on any atom is -0.486 e. The lowest BCUT2D eigenvalue weighted by Crippen LogP contribution is -2.30. The second kappa shape index (κ2) is 8.59. The van der Waals surface area contributed by atoms with E-state index in [1.54, 1.807) is 22.7 Å². The van der Waals surface area contributed by atoms with Gasteiger partial charge < -0.3 is 14.4 Å². The molecule has 27 heavy (non-hydrogen) atoms. The van der Waals surface area contributed by atoms with Crippen molar-refractivity contribution in [3.8, 4) is 11.5 Å². The second-order valence-corrected chi connectivity index (χ2v) is 8.38. The summed E-state index contributed by atoms with van der Waals surface area (Å²) in [6, 6.07) is 14.0. The van der Waals surface area contributed by atoms with Gasteiger partial charge in [-0.2, -0.15) is 0 Å². The van der Waals surface area contributed by atoms with Crippen LogP contribution in [0.25, 0.3) is 0 Å². The molecule has 0 saturated heterocycles. The number of fused-ring (bicyclic) bond motifs is 1. The Labute approximate surface area is 167 Å². The molecule has 2 aromatic heterocycles. The van der Waals surface area contributed by atoms with Crippen molar-refractivity contribution in [2.45, 2.75) is 25.8 Å². The molecule has 0 bridgehead atoms. The minimum absolute atomic E-state index is 0.136. The van der Waals surface area contributed by atoms with E-state index in [0.29, 0.717) is 31.9 Å². The van der Waals surface area contributed by atoms with Gasteiger partial charge in [0.2, 0.25) is 5.91 Å². The standard InChI is InChI=1S/C21H21NO3S2/c23-21(7-1-4-17-5-2-12-26-17)22(15-18-6-3-13-27-18)16-8-9-19-20(14-16)25-11-10-24-19/h2-3,5-6,8-9,12-14H,1,4,7,10-11,15H2. The van der Waals surface area contributed by atoms with E-state index in [1.807, 2.05) is 34.5 Å². The molecule has 3 aromatic rings. The monoisotopic (exact) mass is 399 g/mol. The van der Waals surface area contributed by atoms with E-state index >= 15 is 0 Å². The number of hydrogen-bond donors (Lipinski definition) is 0. The summed E-state index contributed by atoms with van der Waals surface area (Å²) in [5.41, 5.74) is 0.855. The van der Waals surface area contributed by atoms with Crippen LogP contribution in [0.15, 0.2) is 53.2 Å². The summed E-state index contributed by atoms with van der Waals surface area (Å²) in [5.74, 6) is 1.59. The number of ether oxygens (including phenoxy) is 2. The second-order valence-electron chi connectivity index (χ2n) is 6.32. The highest BCUT2D eigenvalue weighted by atomic mass is 32.1. The lowest BCUT2D eigenvalue weighted by Gasteiger charge is -2.25. The van der Waals surface area contributed by atoms with E-state index in [-0.39, 0.29) is 5.91 Å². The van der Waals surface area contributed by atoms with Gasteiger partial charge in [0.25, 0.3) is 0 Å². The van der Waals surface area contributed by atoms with E-state index in [4.69, 9.17) is 9.47 Å². The number of hydrogen-bond acceptors (Lipinski definition) is 5. The highest BCUT2D eigenvalue weighted by Gasteiger charge is 2.20. The molecule has 0 N–H and O–H groups in total. The van der Waals surface area contributed by atoms with Crippen molar-refractivity contribution < 1.29 is 14.3 Å². The van der Waals surface area contributed by atoms with Crippen molar-refractivity contribution in [2.24, 2.45) is 0 Å². The van der Waals surface area contributed by atoms with Crippen molar-refractivity contribution in [3.05, 3.63) is 63.0 Å². The molecule has 0 aliphatic carbocycles. The van der Waals surface area contributed by atoms with Gasteiger partial charge in [-0.3, -0.25) is 4.79 Å². The van der Waals surface area contributed by atoms with Crippen LogP contribution in [-0.2, 0) is 17.8 Å². The highest BCUT2D eigenvalue weighted by Crippen LogP contribution is 2.35. The Morgan fingerprint density at radius 1 is 0.963 bits per heavy atom. The lowest BCUT2D eigenvalue weighted by atomic mass is 10.1. The van der Waals surface area contributed by atoms with Crippen LogP contribution < -0.4 is 14.4 Å². The topological polar surface area (TPSA) is 38.8 Å². The van der Waals surface area contributed by atoms with Crippen molar-refractivity contribution >= 4 is 34.3 Å². The fourth-order valence-electron chi connectivity index (χ4n) is 3.09. The lowest BCUT2D eigenvalue weighted by molar-refractivity contribution is -0.118. The van der Waals surface area contributed by atoms with Gasteiger partial charge in [0.1, 0.15) is 13.2 Å². The molecule has 0 spiro atoms. The van der Waals surface area contributed by atoms with Gasteiger partial charge in [-0.25, -0.2) is 0 Å². The summed E-state index contributed by atoms with van der Waals surface area (Å²) in [7, 11) is 0. The maximum absolute atomic E-state index is 13.0. The Kier molecular flexibility index (Phi) is 5.75. The smallest absolute Gasteiger partial charge is 0.227 e. The van der Waals surface area contributed by atoms with E-state index in [9.17, 15) is 4.79 Å². The Morgan fingerprint density at radius 2 is 1.70 bits per heavy atom. The van der Waals surface area contributed by atoms with Crippen LogP contribution in [-0.4, -0.2) is 19.1 Å². The summed E-state index contributed by atoms with van der Waals surface area (Å²) < 4.78 is 11.3. The summed E-state index contributed by atoms with van der Waals surface area (Å²) in [6.45, 7) is 1.68. The van der Waals surface area contributed by atoms with E-state index in [0.717, 1.165) is 29.2 Å². The number of nitrogens with zero attached hydrogens (tertiary/aromatic N) is 1. The Morgan fingerprint density at radius 3 is 2.44 bits per heavy atom. The number of amides is 1. The van der Waals surface area contributed by atoms with Gasteiger partial charge in [-0.15, -0.1) is 22.7 Å². The van der Waals surface area contributed by atoms with Gasteiger partial charge in [0.15, 0.2) is 11.5 Å². The summed E-state index contributed by atoms with van der Waals surface area (Å²) in [5, 5.41) is 4.12. The molecule has 1 aromatic carbocycles. The highest BCUT2D eigenvalue weighted by molar-refractivity contribution is 7.10. The molecule has 6 heteroatoms. The molecule has 1 aliphatic rings. The van der Waals surface area contributed by atoms with E-state index in [1.165, 1.54) is 4.88 Å². The molecule has 1 amide bonds. The van der Waals surface area contributed by atoms with E-state index in [2.05, 4.69) is 23.6 Å². The van der Waals surface area contributed by atoms with Gasteiger partial charge in [0.05, 0.1) is 6.54 Å².